The molecule has 0 bridgehead atoms. The molecule has 1 saturated heterocycles. The Morgan fingerprint density at radius 2 is 2.08 bits per heavy atom. The van der Waals surface area contributed by atoms with Crippen LogP contribution in [0.5, 0.6) is 0 Å². The van der Waals surface area contributed by atoms with Gasteiger partial charge in [0.2, 0.25) is 5.91 Å². The van der Waals surface area contributed by atoms with Gasteiger partial charge >= 0.3 is 0 Å². The molecule has 2 N–H and O–H groups in total. The van der Waals surface area contributed by atoms with Crippen LogP contribution in [0.2, 0.25) is 0 Å². The number of nitrogens with one attached hydrogen (secondary N) is 2. The summed E-state index contributed by atoms with van der Waals surface area (Å²) in [6, 6.07) is 9.83. The smallest absolute Gasteiger partial charge is 0.227 e. The third kappa shape index (κ3) is 4.26. The first-order valence-electron chi connectivity index (χ1n) is 8.11. The van der Waals surface area contributed by atoms with Gasteiger partial charge in [-0.15, -0.1) is 0 Å². The van der Waals surface area contributed by atoms with Gasteiger partial charge in [0, 0.05) is 32.1 Å². The molecule has 2 aromatic rings. The molecule has 1 fully saturated rings. The molecule has 0 aliphatic carbocycles. The Balaban J connectivity index is 1.52. The number of hydrogen-bond acceptors (Lipinski definition) is 6. The molecule has 1 amide bonds. The summed E-state index contributed by atoms with van der Waals surface area (Å²) in [6.07, 6.45) is 0.351. The number of ether oxygens (including phenoxy) is 1. The number of benzene rings is 1. The molecule has 2 heterocycles. The lowest BCUT2D eigenvalue weighted by Crippen LogP contribution is -2.36. The van der Waals surface area contributed by atoms with E-state index < -0.39 is 0 Å². The van der Waals surface area contributed by atoms with Crippen molar-refractivity contribution in [1.29, 1.82) is 0 Å². The van der Waals surface area contributed by atoms with Gasteiger partial charge in [0.15, 0.2) is 5.82 Å². The first-order chi connectivity index (χ1) is 11.7. The molecule has 0 radical (unpaired) electrons. The van der Waals surface area contributed by atoms with Gasteiger partial charge in [-0.3, -0.25) is 4.79 Å². The van der Waals surface area contributed by atoms with E-state index in [1.165, 1.54) is 0 Å². The van der Waals surface area contributed by atoms with Gasteiger partial charge in [-0.2, -0.15) is 0 Å². The van der Waals surface area contributed by atoms with Crippen LogP contribution in [0.3, 0.4) is 0 Å². The summed E-state index contributed by atoms with van der Waals surface area (Å²) in [5, 5.41) is 9.81. The van der Waals surface area contributed by atoms with Crippen molar-refractivity contribution in [3.8, 4) is 0 Å². The summed E-state index contributed by atoms with van der Waals surface area (Å²) >= 11 is 0. The molecule has 7 heteroatoms. The molecule has 1 aromatic heterocycles. The van der Waals surface area contributed by atoms with Crippen molar-refractivity contribution in [2.45, 2.75) is 13.3 Å². The molecular formula is C17H22N4O3. The number of nitrogens with zero attached hydrogens (tertiary/aromatic N) is 2. The van der Waals surface area contributed by atoms with Gasteiger partial charge in [0.25, 0.3) is 0 Å². The number of para-hydroxylation sites is 2. The van der Waals surface area contributed by atoms with Crippen molar-refractivity contribution in [1.82, 2.24) is 5.16 Å². The number of hydrogen-bond donors (Lipinski definition) is 2. The number of carbonyl (C=O) groups is 1. The zero-order valence-electron chi connectivity index (χ0n) is 13.7. The van der Waals surface area contributed by atoms with E-state index in [2.05, 4.69) is 26.8 Å². The highest BCUT2D eigenvalue weighted by Gasteiger charge is 2.14. The average molecular weight is 330 g/mol. The number of aryl methyl sites for hydroxylation is 1. The highest BCUT2D eigenvalue weighted by molar-refractivity contribution is 5.90. The van der Waals surface area contributed by atoms with Crippen LogP contribution in [-0.2, 0) is 9.53 Å². The Morgan fingerprint density at radius 1 is 1.29 bits per heavy atom. The van der Waals surface area contributed by atoms with Crippen molar-refractivity contribution >= 4 is 23.1 Å². The molecule has 0 unspecified atom stereocenters. The summed E-state index contributed by atoms with van der Waals surface area (Å²) in [4.78, 5) is 14.2. The van der Waals surface area contributed by atoms with Gasteiger partial charge in [-0.1, -0.05) is 17.3 Å². The second-order valence-corrected chi connectivity index (χ2v) is 5.66. The molecule has 24 heavy (non-hydrogen) atoms. The van der Waals surface area contributed by atoms with Gasteiger partial charge in [0.05, 0.1) is 24.6 Å². The Labute approximate surface area is 141 Å². The molecule has 1 aliphatic rings. The number of carbonyl (C=O) groups excluding carboxylic acids is 1. The van der Waals surface area contributed by atoms with E-state index in [0.717, 1.165) is 37.7 Å². The maximum absolute atomic E-state index is 11.9. The van der Waals surface area contributed by atoms with Crippen LogP contribution in [0.15, 0.2) is 34.9 Å². The van der Waals surface area contributed by atoms with Crippen LogP contribution in [0.25, 0.3) is 0 Å². The van der Waals surface area contributed by atoms with Crippen molar-refractivity contribution < 1.29 is 14.1 Å². The molecule has 0 spiro atoms. The quantitative estimate of drug-likeness (QED) is 0.846. The Morgan fingerprint density at radius 3 is 2.83 bits per heavy atom. The summed E-state index contributed by atoms with van der Waals surface area (Å²) in [7, 11) is 0. The summed E-state index contributed by atoms with van der Waals surface area (Å²) in [5.41, 5.74) is 2.18. The van der Waals surface area contributed by atoms with Gasteiger partial charge in [0.1, 0.15) is 5.76 Å². The van der Waals surface area contributed by atoms with Crippen molar-refractivity contribution in [3.63, 3.8) is 0 Å². The number of morpholine rings is 1. The Bertz CT molecular complexity index is 680. The van der Waals surface area contributed by atoms with Crippen molar-refractivity contribution in [3.05, 3.63) is 36.1 Å². The first-order valence-corrected chi connectivity index (χ1v) is 8.11. The number of amides is 1. The van der Waals surface area contributed by atoms with E-state index in [1.807, 2.05) is 18.2 Å². The van der Waals surface area contributed by atoms with E-state index in [4.69, 9.17) is 9.26 Å². The predicted molar refractivity (Wildman–Crippen MR) is 92.5 cm³/mol. The fourth-order valence-electron chi connectivity index (χ4n) is 2.64. The van der Waals surface area contributed by atoms with Gasteiger partial charge in [-0.25, -0.2) is 0 Å². The fraction of sp³-hybridized carbons (Fsp3) is 0.412. The maximum Gasteiger partial charge on any atom is 0.227 e. The van der Waals surface area contributed by atoms with Crippen LogP contribution in [0.1, 0.15) is 12.2 Å². The molecule has 1 aromatic carbocycles. The highest BCUT2D eigenvalue weighted by Crippen LogP contribution is 2.26. The van der Waals surface area contributed by atoms with E-state index in [-0.39, 0.29) is 5.91 Å². The minimum absolute atomic E-state index is 0.0975. The summed E-state index contributed by atoms with van der Waals surface area (Å²) in [6.45, 7) is 5.58. The second-order valence-electron chi connectivity index (χ2n) is 5.66. The van der Waals surface area contributed by atoms with E-state index in [1.54, 1.807) is 13.0 Å². The molecular weight excluding hydrogens is 308 g/mol. The second kappa shape index (κ2) is 7.83. The van der Waals surface area contributed by atoms with Crippen molar-refractivity contribution in [2.75, 3.05) is 48.4 Å². The van der Waals surface area contributed by atoms with E-state index >= 15 is 0 Å². The Kier molecular flexibility index (Phi) is 5.32. The molecule has 7 nitrogen and oxygen atoms in total. The standard InChI is InChI=1S/C17H22N4O3/c1-13-12-16(20-24-13)19-17(22)6-7-18-14-4-2-3-5-15(14)21-8-10-23-11-9-21/h2-5,12,18H,6-11H2,1H3,(H,19,20,22). The summed E-state index contributed by atoms with van der Waals surface area (Å²) < 4.78 is 10.3. The molecule has 128 valence electrons. The van der Waals surface area contributed by atoms with E-state index in [0.29, 0.717) is 24.5 Å². The monoisotopic (exact) mass is 330 g/mol. The average Bonchev–Trinajstić information content (AvgIpc) is 3.01. The van der Waals surface area contributed by atoms with Crippen LogP contribution >= 0.6 is 0 Å². The lowest BCUT2D eigenvalue weighted by atomic mass is 10.2. The van der Waals surface area contributed by atoms with Crippen LogP contribution in [0.4, 0.5) is 17.2 Å². The third-order valence-electron chi connectivity index (χ3n) is 3.82. The zero-order valence-corrected chi connectivity index (χ0v) is 13.7. The molecule has 0 saturated carbocycles. The number of anilines is 3. The Hall–Kier alpha value is -2.54. The van der Waals surface area contributed by atoms with Gasteiger partial charge < -0.3 is 24.8 Å². The maximum atomic E-state index is 11.9. The van der Waals surface area contributed by atoms with Gasteiger partial charge in [-0.05, 0) is 19.1 Å². The SMILES string of the molecule is Cc1cc(NC(=O)CCNc2ccccc2N2CCOCC2)no1. The van der Waals surface area contributed by atoms with Crippen LogP contribution in [-0.4, -0.2) is 43.9 Å². The highest BCUT2D eigenvalue weighted by atomic mass is 16.5. The topological polar surface area (TPSA) is 79.6 Å². The minimum Gasteiger partial charge on any atom is -0.383 e. The van der Waals surface area contributed by atoms with Crippen LogP contribution in [0, 0.1) is 6.92 Å². The van der Waals surface area contributed by atoms with Crippen molar-refractivity contribution in [2.24, 2.45) is 0 Å². The summed E-state index contributed by atoms with van der Waals surface area (Å²) in [5.74, 6) is 1.02. The van der Waals surface area contributed by atoms with Crippen LogP contribution < -0.4 is 15.5 Å². The molecule has 1 aliphatic heterocycles. The number of rotatable bonds is 6. The lowest BCUT2D eigenvalue weighted by Gasteiger charge is -2.30. The first kappa shape index (κ1) is 16.3. The predicted octanol–water partition coefficient (Wildman–Crippen LogP) is 2.26. The zero-order chi connectivity index (χ0) is 16.8. The largest absolute Gasteiger partial charge is 0.383 e. The molecule has 3 rings (SSSR count). The normalized spacial score (nSPS) is 14.5. The third-order valence-corrected chi connectivity index (χ3v) is 3.82. The minimum atomic E-state index is -0.0975. The molecule has 0 atom stereocenters. The fourth-order valence-corrected chi connectivity index (χ4v) is 2.64. The lowest BCUT2D eigenvalue weighted by molar-refractivity contribution is -0.116. The number of aromatic nitrogens is 1. The van der Waals surface area contributed by atoms with E-state index in [9.17, 15) is 4.79 Å².